The molecule has 14 heavy (non-hydrogen) atoms. The summed E-state index contributed by atoms with van der Waals surface area (Å²) in [6, 6.07) is 0.878. The monoisotopic (exact) mass is 193 g/mol. The van der Waals surface area contributed by atoms with Gasteiger partial charge in [-0.3, -0.25) is 0 Å². The molecule has 0 bridgehead atoms. The molecule has 2 aliphatic rings. The minimum absolute atomic E-state index is 0.878. The molecule has 0 saturated carbocycles. The van der Waals surface area contributed by atoms with E-state index in [1.807, 2.05) is 0 Å². The highest BCUT2D eigenvalue weighted by atomic mass is 15.1. The summed E-state index contributed by atoms with van der Waals surface area (Å²) in [5.41, 5.74) is 0. The lowest BCUT2D eigenvalue weighted by molar-refractivity contribution is 0.270. The maximum absolute atomic E-state index is 2.55. The smallest absolute Gasteiger partial charge is 0.00982 e. The normalized spacial score (nSPS) is 34.6. The molecule has 1 heteroatoms. The summed E-state index contributed by atoms with van der Waals surface area (Å²) in [5.74, 6) is 0.878. The fourth-order valence-electron chi connectivity index (χ4n) is 2.88. The number of nitrogens with zero attached hydrogens (tertiary/aromatic N) is 1. The van der Waals surface area contributed by atoms with E-state index in [1.54, 1.807) is 0 Å². The first kappa shape index (κ1) is 10.2. The summed E-state index contributed by atoms with van der Waals surface area (Å²) < 4.78 is 0. The van der Waals surface area contributed by atoms with Gasteiger partial charge in [0.25, 0.3) is 0 Å². The quantitative estimate of drug-likeness (QED) is 0.609. The van der Waals surface area contributed by atoms with Crippen LogP contribution in [0.5, 0.6) is 0 Å². The van der Waals surface area contributed by atoms with Gasteiger partial charge in [0.2, 0.25) is 0 Å². The minimum atomic E-state index is 0.878. The van der Waals surface area contributed by atoms with E-state index in [4.69, 9.17) is 0 Å². The summed E-state index contributed by atoms with van der Waals surface area (Å²) in [6.45, 7) is 1.32. The van der Waals surface area contributed by atoms with Gasteiger partial charge >= 0.3 is 0 Å². The second kappa shape index (κ2) is 4.97. The molecule has 1 nitrogen and oxygen atoms in total. The Hall–Kier alpha value is -0.300. The fourth-order valence-corrected chi connectivity index (χ4v) is 2.88. The van der Waals surface area contributed by atoms with E-state index < -0.39 is 0 Å². The Labute approximate surface area is 88.2 Å². The lowest BCUT2D eigenvalue weighted by Gasteiger charge is -2.23. The van der Waals surface area contributed by atoms with Crippen molar-refractivity contribution >= 4 is 0 Å². The molecule has 0 aromatic rings. The first-order chi connectivity index (χ1) is 6.86. The van der Waals surface area contributed by atoms with Gasteiger partial charge in [0.1, 0.15) is 0 Å². The maximum Gasteiger partial charge on any atom is 0.00982 e. The third-order valence-corrected chi connectivity index (χ3v) is 3.85. The average Bonchev–Trinajstić information content (AvgIpc) is 2.44. The molecule has 0 aromatic heterocycles. The third-order valence-electron chi connectivity index (χ3n) is 3.85. The average molecular weight is 193 g/mol. The Bertz CT molecular complexity index is 197. The second-order valence-corrected chi connectivity index (χ2v) is 4.99. The van der Waals surface area contributed by atoms with Gasteiger partial charge in [-0.2, -0.15) is 0 Å². The van der Waals surface area contributed by atoms with Crippen molar-refractivity contribution in [2.24, 2.45) is 5.92 Å². The van der Waals surface area contributed by atoms with Crippen molar-refractivity contribution in [3.63, 3.8) is 0 Å². The molecule has 1 aliphatic carbocycles. The zero-order valence-corrected chi connectivity index (χ0v) is 9.41. The van der Waals surface area contributed by atoms with E-state index in [9.17, 15) is 0 Å². The number of hydrogen-bond acceptors (Lipinski definition) is 1. The maximum atomic E-state index is 2.55. The first-order valence-electron chi connectivity index (χ1n) is 6.23. The lowest BCUT2D eigenvalue weighted by atomic mass is 9.94. The standard InChI is InChI=1S/C13H23N/c1-14-10-6-9-13(14)11-12-7-4-2-3-5-8-12/h4,7,12-13H,2-3,5-6,8-11H2,1H3. The van der Waals surface area contributed by atoms with Crippen LogP contribution in [0.2, 0.25) is 0 Å². The van der Waals surface area contributed by atoms with Crippen LogP contribution < -0.4 is 0 Å². The molecule has 0 radical (unpaired) electrons. The zero-order valence-electron chi connectivity index (χ0n) is 9.41. The van der Waals surface area contributed by atoms with Crippen LogP contribution in [-0.4, -0.2) is 24.5 Å². The molecule has 0 amide bonds. The predicted molar refractivity (Wildman–Crippen MR) is 61.4 cm³/mol. The largest absolute Gasteiger partial charge is 0.303 e. The predicted octanol–water partition coefficient (Wildman–Crippen LogP) is 3.22. The molecule has 0 aromatic carbocycles. The van der Waals surface area contributed by atoms with Crippen LogP contribution in [0.25, 0.3) is 0 Å². The van der Waals surface area contributed by atoms with Crippen LogP contribution in [0.15, 0.2) is 12.2 Å². The molecule has 1 heterocycles. The summed E-state index contributed by atoms with van der Waals surface area (Å²) in [5, 5.41) is 0. The van der Waals surface area contributed by atoms with Crippen LogP contribution >= 0.6 is 0 Å². The van der Waals surface area contributed by atoms with E-state index in [0.29, 0.717) is 0 Å². The van der Waals surface area contributed by atoms with Gasteiger partial charge < -0.3 is 4.90 Å². The van der Waals surface area contributed by atoms with Crippen molar-refractivity contribution in [3.05, 3.63) is 12.2 Å². The number of likely N-dealkylation sites (tertiary alicyclic amines) is 1. The van der Waals surface area contributed by atoms with E-state index in [1.165, 1.54) is 51.5 Å². The van der Waals surface area contributed by atoms with Gasteiger partial charge in [-0.1, -0.05) is 18.6 Å². The highest BCUT2D eigenvalue weighted by molar-refractivity contribution is 4.93. The van der Waals surface area contributed by atoms with Crippen molar-refractivity contribution < 1.29 is 0 Å². The van der Waals surface area contributed by atoms with Crippen molar-refractivity contribution in [3.8, 4) is 0 Å². The van der Waals surface area contributed by atoms with Gasteiger partial charge in [0.15, 0.2) is 0 Å². The Kier molecular flexibility index (Phi) is 3.63. The zero-order chi connectivity index (χ0) is 9.80. The minimum Gasteiger partial charge on any atom is -0.303 e. The van der Waals surface area contributed by atoms with E-state index in [-0.39, 0.29) is 0 Å². The van der Waals surface area contributed by atoms with Crippen molar-refractivity contribution in [2.75, 3.05) is 13.6 Å². The molecule has 2 unspecified atom stereocenters. The second-order valence-electron chi connectivity index (χ2n) is 4.99. The molecule has 1 aliphatic heterocycles. The Balaban J connectivity index is 1.83. The van der Waals surface area contributed by atoms with Gasteiger partial charge in [0.05, 0.1) is 0 Å². The first-order valence-corrected chi connectivity index (χ1v) is 6.23. The summed E-state index contributed by atoms with van der Waals surface area (Å²) in [4.78, 5) is 2.55. The van der Waals surface area contributed by atoms with Gasteiger partial charge in [0, 0.05) is 6.04 Å². The van der Waals surface area contributed by atoms with Crippen molar-refractivity contribution in [1.29, 1.82) is 0 Å². The van der Waals surface area contributed by atoms with Crippen LogP contribution in [-0.2, 0) is 0 Å². The molecule has 2 rings (SSSR count). The summed E-state index contributed by atoms with van der Waals surface area (Å²) in [6.07, 6.45) is 14.7. The molecule has 1 saturated heterocycles. The van der Waals surface area contributed by atoms with Crippen molar-refractivity contribution in [2.45, 2.75) is 51.0 Å². The van der Waals surface area contributed by atoms with Crippen LogP contribution in [0.1, 0.15) is 44.9 Å². The number of rotatable bonds is 2. The van der Waals surface area contributed by atoms with Crippen LogP contribution in [0, 0.1) is 5.92 Å². The fraction of sp³-hybridized carbons (Fsp3) is 0.846. The molecular formula is C13H23N. The van der Waals surface area contributed by atoms with Gasteiger partial charge in [-0.25, -0.2) is 0 Å². The Morgan fingerprint density at radius 3 is 2.93 bits per heavy atom. The third kappa shape index (κ3) is 2.60. The van der Waals surface area contributed by atoms with Crippen molar-refractivity contribution in [1.82, 2.24) is 4.90 Å². The molecule has 0 N–H and O–H groups in total. The van der Waals surface area contributed by atoms with E-state index >= 15 is 0 Å². The van der Waals surface area contributed by atoms with E-state index in [2.05, 4.69) is 24.1 Å². The topological polar surface area (TPSA) is 3.24 Å². The van der Waals surface area contributed by atoms with Gasteiger partial charge in [-0.15, -0.1) is 0 Å². The number of allylic oxidation sites excluding steroid dienone is 2. The summed E-state index contributed by atoms with van der Waals surface area (Å²) in [7, 11) is 2.29. The Morgan fingerprint density at radius 2 is 2.14 bits per heavy atom. The molecular weight excluding hydrogens is 170 g/mol. The van der Waals surface area contributed by atoms with Gasteiger partial charge in [-0.05, 0) is 58.0 Å². The number of hydrogen-bond donors (Lipinski definition) is 0. The molecule has 2 atom stereocenters. The highest BCUT2D eigenvalue weighted by Gasteiger charge is 2.23. The SMILES string of the molecule is CN1CCCC1CC1C=CCCCC1. The highest BCUT2D eigenvalue weighted by Crippen LogP contribution is 2.27. The molecule has 0 spiro atoms. The Morgan fingerprint density at radius 1 is 1.21 bits per heavy atom. The molecule has 1 fully saturated rings. The molecule has 80 valence electrons. The van der Waals surface area contributed by atoms with E-state index in [0.717, 1.165) is 12.0 Å². The van der Waals surface area contributed by atoms with Crippen LogP contribution in [0.3, 0.4) is 0 Å². The van der Waals surface area contributed by atoms with Crippen LogP contribution in [0.4, 0.5) is 0 Å². The lowest BCUT2D eigenvalue weighted by Crippen LogP contribution is -2.26. The summed E-state index contributed by atoms with van der Waals surface area (Å²) >= 11 is 0.